The molecule has 2 aromatic carbocycles. The zero-order valence-corrected chi connectivity index (χ0v) is 15.0. The SMILES string of the molecule is COc1ccccc1CNC(=O)CC(NC(C)=O)c1ccccc1Cl. The molecule has 0 saturated carbocycles. The third-order valence-electron chi connectivity index (χ3n) is 3.72. The monoisotopic (exact) mass is 360 g/mol. The highest BCUT2D eigenvalue weighted by Crippen LogP contribution is 2.25. The number of para-hydroxylation sites is 1. The Bertz CT molecular complexity index is 749. The number of ether oxygens (including phenoxy) is 1. The van der Waals surface area contributed by atoms with Gasteiger partial charge in [0.2, 0.25) is 11.8 Å². The molecule has 2 amide bonds. The van der Waals surface area contributed by atoms with Crippen LogP contribution in [0.2, 0.25) is 5.02 Å². The zero-order valence-electron chi connectivity index (χ0n) is 14.2. The number of rotatable bonds is 7. The topological polar surface area (TPSA) is 67.4 Å². The summed E-state index contributed by atoms with van der Waals surface area (Å²) in [6, 6.07) is 14.2. The number of carbonyl (C=O) groups excluding carboxylic acids is 2. The van der Waals surface area contributed by atoms with E-state index in [4.69, 9.17) is 16.3 Å². The number of hydrogen-bond donors (Lipinski definition) is 2. The van der Waals surface area contributed by atoms with Crippen LogP contribution in [0.5, 0.6) is 5.75 Å². The lowest BCUT2D eigenvalue weighted by Gasteiger charge is -2.19. The first-order valence-corrected chi connectivity index (χ1v) is 8.29. The highest BCUT2D eigenvalue weighted by atomic mass is 35.5. The molecule has 2 rings (SSSR count). The van der Waals surface area contributed by atoms with E-state index in [0.29, 0.717) is 22.9 Å². The van der Waals surface area contributed by atoms with Crippen LogP contribution in [-0.2, 0) is 16.1 Å². The molecule has 0 fully saturated rings. The molecule has 0 aliphatic rings. The predicted octanol–water partition coefficient (Wildman–Crippen LogP) is 3.23. The first kappa shape index (κ1) is 18.8. The van der Waals surface area contributed by atoms with E-state index in [1.807, 2.05) is 30.3 Å². The molecular weight excluding hydrogens is 340 g/mol. The molecule has 132 valence electrons. The van der Waals surface area contributed by atoms with Gasteiger partial charge >= 0.3 is 0 Å². The van der Waals surface area contributed by atoms with Gasteiger partial charge in [0.25, 0.3) is 0 Å². The fraction of sp³-hybridized carbons (Fsp3) is 0.263. The van der Waals surface area contributed by atoms with Crippen LogP contribution in [0.4, 0.5) is 0 Å². The van der Waals surface area contributed by atoms with Gasteiger partial charge in [-0.1, -0.05) is 48.0 Å². The minimum atomic E-state index is -0.483. The van der Waals surface area contributed by atoms with Gasteiger partial charge in [0.15, 0.2) is 0 Å². The molecule has 0 heterocycles. The fourth-order valence-corrected chi connectivity index (χ4v) is 2.81. The van der Waals surface area contributed by atoms with Gasteiger partial charge in [-0.2, -0.15) is 0 Å². The standard InChI is InChI=1S/C19H21ClN2O3/c1-13(23)22-17(15-8-4-5-9-16(15)20)11-19(24)21-12-14-7-3-6-10-18(14)25-2/h3-10,17H,11-12H2,1-2H3,(H,21,24)(H,22,23). The van der Waals surface area contributed by atoms with Crippen molar-refractivity contribution in [1.82, 2.24) is 10.6 Å². The van der Waals surface area contributed by atoms with Crippen molar-refractivity contribution >= 4 is 23.4 Å². The van der Waals surface area contributed by atoms with Gasteiger partial charge in [0, 0.05) is 24.1 Å². The lowest BCUT2D eigenvalue weighted by atomic mass is 10.0. The number of amides is 2. The second-order valence-corrected chi connectivity index (χ2v) is 5.97. The summed E-state index contributed by atoms with van der Waals surface area (Å²) >= 11 is 6.20. The highest BCUT2D eigenvalue weighted by Gasteiger charge is 2.19. The Balaban J connectivity index is 2.04. The van der Waals surface area contributed by atoms with Crippen LogP contribution in [0.25, 0.3) is 0 Å². The number of methoxy groups -OCH3 is 1. The molecule has 2 N–H and O–H groups in total. The molecule has 0 spiro atoms. The van der Waals surface area contributed by atoms with Gasteiger partial charge in [0.1, 0.15) is 5.75 Å². The van der Waals surface area contributed by atoms with Crippen LogP contribution in [0.15, 0.2) is 48.5 Å². The van der Waals surface area contributed by atoms with E-state index in [2.05, 4.69) is 10.6 Å². The lowest BCUT2D eigenvalue weighted by Crippen LogP contribution is -2.32. The second kappa shape index (κ2) is 9.08. The van der Waals surface area contributed by atoms with Gasteiger partial charge < -0.3 is 15.4 Å². The van der Waals surface area contributed by atoms with E-state index in [1.54, 1.807) is 25.3 Å². The summed E-state index contributed by atoms with van der Waals surface area (Å²) in [6.45, 7) is 1.76. The third kappa shape index (κ3) is 5.50. The van der Waals surface area contributed by atoms with E-state index in [-0.39, 0.29) is 18.2 Å². The number of nitrogens with one attached hydrogen (secondary N) is 2. The maximum atomic E-state index is 12.3. The van der Waals surface area contributed by atoms with Gasteiger partial charge in [-0.3, -0.25) is 9.59 Å². The lowest BCUT2D eigenvalue weighted by molar-refractivity contribution is -0.122. The molecule has 0 aliphatic heterocycles. The van der Waals surface area contributed by atoms with Crippen molar-refractivity contribution < 1.29 is 14.3 Å². The van der Waals surface area contributed by atoms with Crippen molar-refractivity contribution in [3.05, 3.63) is 64.7 Å². The molecule has 2 aromatic rings. The van der Waals surface area contributed by atoms with Crippen molar-refractivity contribution in [3.8, 4) is 5.75 Å². The number of carbonyl (C=O) groups is 2. The third-order valence-corrected chi connectivity index (χ3v) is 4.06. The summed E-state index contributed by atoms with van der Waals surface area (Å²) in [4.78, 5) is 23.8. The molecule has 0 aromatic heterocycles. The number of halogens is 1. The molecule has 0 bridgehead atoms. The van der Waals surface area contributed by atoms with Crippen LogP contribution in [-0.4, -0.2) is 18.9 Å². The summed E-state index contributed by atoms with van der Waals surface area (Å²) in [5.74, 6) is 0.305. The van der Waals surface area contributed by atoms with E-state index in [9.17, 15) is 9.59 Å². The van der Waals surface area contributed by atoms with Crippen LogP contribution in [0, 0.1) is 0 Å². The smallest absolute Gasteiger partial charge is 0.222 e. The molecule has 0 saturated heterocycles. The minimum Gasteiger partial charge on any atom is -0.496 e. The summed E-state index contributed by atoms with van der Waals surface area (Å²) in [5, 5.41) is 6.15. The van der Waals surface area contributed by atoms with Gasteiger partial charge in [-0.05, 0) is 17.7 Å². The normalized spacial score (nSPS) is 11.5. The molecule has 0 radical (unpaired) electrons. The molecular formula is C19H21ClN2O3. The Morgan fingerprint density at radius 1 is 1.12 bits per heavy atom. The van der Waals surface area contributed by atoms with Crippen molar-refractivity contribution in [2.45, 2.75) is 25.9 Å². The Labute approximate surface area is 152 Å². The van der Waals surface area contributed by atoms with Gasteiger partial charge in [-0.15, -0.1) is 0 Å². The predicted molar refractivity (Wildman–Crippen MR) is 97.5 cm³/mol. The number of hydrogen-bond acceptors (Lipinski definition) is 3. The van der Waals surface area contributed by atoms with Crippen LogP contribution >= 0.6 is 11.6 Å². The van der Waals surface area contributed by atoms with E-state index in [1.165, 1.54) is 6.92 Å². The molecule has 5 nitrogen and oxygen atoms in total. The van der Waals surface area contributed by atoms with Crippen LogP contribution < -0.4 is 15.4 Å². The first-order chi connectivity index (χ1) is 12.0. The summed E-state index contributed by atoms with van der Waals surface area (Å²) in [7, 11) is 1.59. The summed E-state index contributed by atoms with van der Waals surface area (Å²) < 4.78 is 5.27. The Morgan fingerprint density at radius 3 is 2.48 bits per heavy atom. The van der Waals surface area contributed by atoms with Crippen molar-refractivity contribution in [2.75, 3.05) is 7.11 Å². The fourth-order valence-electron chi connectivity index (χ4n) is 2.54. The van der Waals surface area contributed by atoms with Crippen molar-refractivity contribution in [3.63, 3.8) is 0 Å². The first-order valence-electron chi connectivity index (χ1n) is 7.91. The van der Waals surface area contributed by atoms with Crippen molar-refractivity contribution in [2.24, 2.45) is 0 Å². The average Bonchev–Trinajstić information content (AvgIpc) is 2.59. The quantitative estimate of drug-likeness (QED) is 0.796. The minimum absolute atomic E-state index is 0.0957. The largest absolute Gasteiger partial charge is 0.496 e. The van der Waals surface area contributed by atoms with Crippen molar-refractivity contribution in [1.29, 1.82) is 0 Å². The molecule has 1 atom stereocenters. The maximum Gasteiger partial charge on any atom is 0.222 e. The molecule has 6 heteroatoms. The molecule has 25 heavy (non-hydrogen) atoms. The molecule has 1 unspecified atom stereocenters. The Morgan fingerprint density at radius 2 is 1.80 bits per heavy atom. The average molecular weight is 361 g/mol. The van der Waals surface area contributed by atoms with Crippen LogP contribution in [0.3, 0.4) is 0 Å². The highest BCUT2D eigenvalue weighted by molar-refractivity contribution is 6.31. The van der Waals surface area contributed by atoms with Gasteiger partial charge in [0.05, 0.1) is 19.6 Å². The Hall–Kier alpha value is -2.53. The zero-order chi connectivity index (χ0) is 18.2. The summed E-state index contributed by atoms with van der Waals surface area (Å²) in [5.41, 5.74) is 1.60. The molecule has 0 aliphatic carbocycles. The van der Waals surface area contributed by atoms with E-state index in [0.717, 1.165) is 5.56 Å². The maximum absolute atomic E-state index is 12.3. The van der Waals surface area contributed by atoms with E-state index < -0.39 is 6.04 Å². The van der Waals surface area contributed by atoms with E-state index >= 15 is 0 Å². The summed E-state index contributed by atoms with van der Waals surface area (Å²) in [6.07, 6.45) is 0.0957. The second-order valence-electron chi connectivity index (χ2n) is 5.57. The Kier molecular flexibility index (Phi) is 6.83. The van der Waals surface area contributed by atoms with Crippen LogP contribution in [0.1, 0.15) is 30.5 Å². The number of benzene rings is 2. The van der Waals surface area contributed by atoms with Gasteiger partial charge in [-0.25, -0.2) is 0 Å².